The molecule has 1 atom stereocenters. The summed E-state index contributed by atoms with van der Waals surface area (Å²) in [6.45, 7) is 6.79. The first-order valence-corrected chi connectivity index (χ1v) is 6.80. The largest absolute Gasteiger partial charge is 0.341 e. The Hall–Kier alpha value is 0.534. The number of nitrogens with zero attached hydrogens (tertiary/aromatic N) is 2. The van der Waals surface area contributed by atoms with Crippen LogP contribution < -0.4 is 0 Å². The summed E-state index contributed by atoms with van der Waals surface area (Å²) >= 11 is 0. The fourth-order valence-corrected chi connectivity index (χ4v) is 3.51. The molecular weight excluding hydrogens is 289 g/mol. The minimum absolute atomic E-state index is 0. The molecule has 0 aromatic rings. The first kappa shape index (κ1) is 15.6. The minimum atomic E-state index is 0. The molecule has 4 heteroatoms. The number of hydrogen-bond acceptors (Lipinski definition) is 1. The van der Waals surface area contributed by atoms with E-state index < -0.39 is 0 Å². The molecule has 1 unspecified atom stereocenters. The van der Waals surface area contributed by atoms with Crippen molar-refractivity contribution in [3.8, 4) is 0 Å². The van der Waals surface area contributed by atoms with E-state index in [0.29, 0.717) is 5.91 Å². The standard InChI is InChI=1S/C13H25N2O.Y/c1-3-15(10-5-4-6-11-15)12-8-7-9-14(2)13(12)16;/h12H,3-11H2,1-2H3;/q+1;. The van der Waals surface area contributed by atoms with Gasteiger partial charge in [0.05, 0.1) is 19.6 Å². The Morgan fingerprint density at radius 1 is 1.24 bits per heavy atom. The van der Waals surface area contributed by atoms with Gasteiger partial charge in [0.2, 0.25) is 0 Å². The van der Waals surface area contributed by atoms with Gasteiger partial charge in [0.1, 0.15) is 0 Å². The zero-order valence-corrected chi connectivity index (χ0v) is 14.2. The molecule has 17 heavy (non-hydrogen) atoms. The Kier molecular flexibility index (Phi) is 6.08. The van der Waals surface area contributed by atoms with Gasteiger partial charge in [0.15, 0.2) is 6.04 Å². The summed E-state index contributed by atoms with van der Waals surface area (Å²) in [7, 11) is 1.96. The van der Waals surface area contributed by atoms with Crippen LogP contribution in [0.5, 0.6) is 0 Å². The molecule has 2 heterocycles. The molecule has 3 nitrogen and oxygen atoms in total. The third-order valence-electron chi connectivity index (χ3n) is 4.63. The number of carbonyl (C=O) groups is 1. The van der Waals surface area contributed by atoms with Gasteiger partial charge in [-0.3, -0.25) is 4.79 Å². The smallest absolute Gasteiger partial charge is 0.280 e. The van der Waals surface area contributed by atoms with Gasteiger partial charge in [-0.25, -0.2) is 0 Å². The number of likely N-dealkylation sites (N-methyl/N-ethyl adjacent to an activating group) is 2. The van der Waals surface area contributed by atoms with Crippen LogP contribution in [-0.2, 0) is 37.5 Å². The molecule has 0 saturated carbocycles. The second kappa shape index (κ2) is 6.63. The average molecular weight is 314 g/mol. The van der Waals surface area contributed by atoms with Gasteiger partial charge >= 0.3 is 0 Å². The molecule has 2 saturated heterocycles. The Labute approximate surface area is 130 Å². The van der Waals surface area contributed by atoms with E-state index in [4.69, 9.17) is 0 Å². The summed E-state index contributed by atoms with van der Waals surface area (Å²) < 4.78 is 1.07. The number of carbonyl (C=O) groups excluding carboxylic acids is 1. The van der Waals surface area contributed by atoms with E-state index in [1.165, 1.54) is 38.8 Å². The Balaban J connectivity index is 0.00000144. The van der Waals surface area contributed by atoms with E-state index >= 15 is 0 Å². The molecule has 2 aliphatic rings. The van der Waals surface area contributed by atoms with Gasteiger partial charge < -0.3 is 9.38 Å². The Morgan fingerprint density at radius 2 is 1.88 bits per heavy atom. The molecule has 95 valence electrons. The number of rotatable bonds is 2. The van der Waals surface area contributed by atoms with Gasteiger partial charge in [0.25, 0.3) is 5.91 Å². The van der Waals surface area contributed by atoms with Crippen molar-refractivity contribution in [2.75, 3.05) is 33.2 Å². The van der Waals surface area contributed by atoms with Gasteiger partial charge in [-0.05, 0) is 32.6 Å². The minimum Gasteiger partial charge on any atom is -0.341 e. The fourth-order valence-electron chi connectivity index (χ4n) is 3.51. The predicted molar refractivity (Wildman–Crippen MR) is 65.0 cm³/mol. The van der Waals surface area contributed by atoms with Crippen LogP contribution in [0.2, 0.25) is 0 Å². The van der Waals surface area contributed by atoms with Crippen molar-refractivity contribution in [2.24, 2.45) is 0 Å². The van der Waals surface area contributed by atoms with Crippen LogP contribution in [0.15, 0.2) is 0 Å². The summed E-state index contributed by atoms with van der Waals surface area (Å²) in [5.41, 5.74) is 0. The number of amides is 1. The summed E-state index contributed by atoms with van der Waals surface area (Å²) in [6.07, 6.45) is 6.27. The molecule has 0 N–H and O–H groups in total. The molecule has 2 fully saturated rings. The van der Waals surface area contributed by atoms with Crippen molar-refractivity contribution in [1.29, 1.82) is 0 Å². The van der Waals surface area contributed by atoms with Crippen LogP contribution in [-0.4, -0.2) is 54.6 Å². The first-order chi connectivity index (χ1) is 7.69. The van der Waals surface area contributed by atoms with E-state index in [1.807, 2.05) is 11.9 Å². The Bertz CT molecular complexity index is 264. The summed E-state index contributed by atoms with van der Waals surface area (Å²) in [4.78, 5) is 14.2. The number of quaternary nitrogens is 1. The molecule has 2 aliphatic heterocycles. The molecule has 0 aliphatic carbocycles. The van der Waals surface area contributed by atoms with E-state index in [9.17, 15) is 4.79 Å². The third-order valence-corrected chi connectivity index (χ3v) is 4.63. The Morgan fingerprint density at radius 3 is 2.47 bits per heavy atom. The molecule has 0 aromatic heterocycles. The monoisotopic (exact) mass is 314 g/mol. The summed E-state index contributed by atoms with van der Waals surface area (Å²) in [6, 6.07) is 0.268. The van der Waals surface area contributed by atoms with Crippen molar-refractivity contribution >= 4 is 5.91 Å². The quantitative estimate of drug-likeness (QED) is 0.710. The van der Waals surface area contributed by atoms with Crippen LogP contribution in [0.3, 0.4) is 0 Å². The maximum atomic E-state index is 12.3. The van der Waals surface area contributed by atoms with E-state index in [2.05, 4.69) is 6.92 Å². The van der Waals surface area contributed by atoms with Gasteiger partial charge in [-0.1, -0.05) is 0 Å². The summed E-state index contributed by atoms with van der Waals surface area (Å²) in [5, 5.41) is 0. The maximum absolute atomic E-state index is 12.3. The van der Waals surface area contributed by atoms with Crippen LogP contribution in [0, 0.1) is 0 Å². The predicted octanol–water partition coefficient (Wildman–Crippen LogP) is 1.63. The van der Waals surface area contributed by atoms with Crippen molar-refractivity contribution in [1.82, 2.24) is 4.90 Å². The fraction of sp³-hybridized carbons (Fsp3) is 0.923. The van der Waals surface area contributed by atoms with Crippen molar-refractivity contribution in [2.45, 2.75) is 45.1 Å². The van der Waals surface area contributed by atoms with Crippen LogP contribution in [0.25, 0.3) is 0 Å². The van der Waals surface area contributed by atoms with Crippen LogP contribution in [0.1, 0.15) is 39.0 Å². The molecule has 1 radical (unpaired) electrons. The van der Waals surface area contributed by atoms with Crippen molar-refractivity contribution < 1.29 is 42.0 Å². The SMILES string of the molecule is CC[N+]1(C2CCCN(C)C2=O)CCCCC1.[Y]. The molecule has 0 aromatic carbocycles. The van der Waals surface area contributed by atoms with E-state index in [0.717, 1.165) is 24.0 Å². The topological polar surface area (TPSA) is 20.3 Å². The number of hydrogen-bond donors (Lipinski definition) is 0. The second-order valence-electron chi connectivity index (χ2n) is 5.46. The zero-order valence-electron chi connectivity index (χ0n) is 11.3. The zero-order chi connectivity index (χ0) is 11.6. The third kappa shape index (κ3) is 3.11. The van der Waals surface area contributed by atoms with E-state index in [-0.39, 0.29) is 38.8 Å². The van der Waals surface area contributed by atoms with Crippen molar-refractivity contribution in [3.63, 3.8) is 0 Å². The molecule has 2 rings (SSSR count). The van der Waals surface area contributed by atoms with Gasteiger partial charge in [-0.2, -0.15) is 0 Å². The molecule has 0 bridgehead atoms. The number of likely N-dealkylation sites (tertiary alicyclic amines) is 2. The maximum Gasteiger partial charge on any atom is 0.280 e. The average Bonchev–Trinajstić information content (AvgIpc) is 2.33. The van der Waals surface area contributed by atoms with Gasteiger partial charge in [-0.15, -0.1) is 0 Å². The first-order valence-electron chi connectivity index (χ1n) is 6.80. The van der Waals surface area contributed by atoms with Crippen LogP contribution in [0.4, 0.5) is 0 Å². The normalized spacial score (nSPS) is 28.7. The second-order valence-corrected chi connectivity index (χ2v) is 5.46. The molecule has 1 amide bonds. The van der Waals surface area contributed by atoms with Gasteiger partial charge in [0, 0.05) is 52.7 Å². The van der Waals surface area contributed by atoms with Crippen molar-refractivity contribution in [3.05, 3.63) is 0 Å². The van der Waals surface area contributed by atoms with Crippen LogP contribution >= 0.6 is 0 Å². The molecule has 0 spiro atoms. The number of piperidine rings is 2. The summed E-state index contributed by atoms with van der Waals surface area (Å²) in [5.74, 6) is 0.398. The van der Waals surface area contributed by atoms with E-state index in [1.54, 1.807) is 0 Å². The molecular formula is C13H25N2OY+.